The molecule has 2 atom stereocenters. The number of amides is 2. The summed E-state index contributed by atoms with van der Waals surface area (Å²) < 4.78 is 0. The molecular formula is C17H22N2O4. The number of carboxylic acid groups (broad SMARTS) is 1. The van der Waals surface area contributed by atoms with Gasteiger partial charge < -0.3 is 15.3 Å². The fraction of sp³-hybridized carbons (Fsp3) is 0.471. The second-order valence-corrected chi connectivity index (χ2v) is 5.98. The zero-order valence-electron chi connectivity index (χ0n) is 13.2. The molecule has 0 saturated carbocycles. The van der Waals surface area contributed by atoms with Gasteiger partial charge in [0.25, 0.3) is 0 Å². The molecule has 1 aliphatic rings. The van der Waals surface area contributed by atoms with Gasteiger partial charge in [0, 0.05) is 32.5 Å². The van der Waals surface area contributed by atoms with Gasteiger partial charge in [-0.25, -0.2) is 0 Å². The van der Waals surface area contributed by atoms with Crippen LogP contribution in [0.4, 0.5) is 0 Å². The van der Waals surface area contributed by atoms with Crippen molar-refractivity contribution in [2.45, 2.75) is 19.3 Å². The highest BCUT2D eigenvalue weighted by Gasteiger charge is 2.29. The standard InChI is InChI=1S/C17H22N2O4/c1-19-8-7-13(10-15(19)20)16(21)18-11-14(17(22)23)9-12-5-3-2-4-6-12/h2-6,13-14H,7-11H2,1H3,(H,18,21)(H,22,23). The Morgan fingerprint density at radius 1 is 1.35 bits per heavy atom. The van der Waals surface area contributed by atoms with Gasteiger partial charge in [0.2, 0.25) is 11.8 Å². The second kappa shape index (κ2) is 7.76. The van der Waals surface area contributed by atoms with E-state index in [9.17, 15) is 19.5 Å². The third kappa shape index (κ3) is 4.81. The smallest absolute Gasteiger partial charge is 0.308 e. The zero-order valence-corrected chi connectivity index (χ0v) is 13.2. The Bertz CT molecular complexity index is 573. The summed E-state index contributed by atoms with van der Waals surface area (Å²) in [5, 5.41) is 12.0. The first-order valence-corrected chi connectivity index (χ1v) is 7.75. The average molecular weight is 318 g/mol. The Balaban J connectivity index is 1.87. The maximum atomic E-state index is 12.2. The number of aliphatic carboxylic acids is 1. The Morgan fingerprint density at radius 3 is 2.65 bits per heavy atom. The largest absolute Gasteiger partial charge is 0.481 e. The van der Waals surface area contributed by atoms with Crippen LogP contribution in [0.25, 0.3) is 0 Å². The number of carbonyl (C=O) groups excluding carboxylic acids is 2. The van der Waals surface area contributed by atoms with Crippen LogP contribution in [-0.2, 0) is 20.8 Å². The van der Waals surface area contributed by atoms with Crippen LogP contribution in [0.3, 0.4) is 0 Å². The number of carboxylic acids is 1. The predicted molar refractivity (Wildman–Crippen MR) is 84.6 cm³/mol. The van der Waals surface area contributed by atoms with Gasteiger partial charge >= 0.3 is 5.97 Å². The number of nitrogens with zero attached hydrogens (tertiary/aromatic N) is 1. The molecule has 1 aromatic carbocycles. The normalized spacial score (nSPS) is 19.3. The van der Waals surface area contributed by atoms with Crippen molar-refractivity contribution in [3.05, 3.63) is 35.9 Å². The Labute approximate surface area is 135 Å². The highest BCUT2D eigenvalue weighted by atomic mass is 16.4. The molecule has 1 fully saturated rings. The van der Waals surface area contributed by atoms with Crippen molar-refractivity contribution in [2.75, 3.05) is 20.1 Å². The van der Waals surface area contributed by atoms with Crippen LogP contribution >= 0.6 is 0 Å². The van der Waals surface area contributed by atoms with Gasteiger partial charge in [0.1, 0.15) is 0 Å². The molecule has 1 aromatic rings. The molecule has 124 valence electrons. The van der Waals surface area contributed by atoms with E-state index < -0.39 is 11.9 Å². The van der Waals surface area contributed by atoms with Gasteiger partial charge in [0.05, 0.1) is 5.92 Å². The molecule has 0 aliphatic carbocycles. The molecule has 2 unspecified atom stereocenters. The van der Waals surface area contributed by atoms with E-state index in [4.69, 9.17) is 0 Å². The van der Waals surface area contributed by atoms with Gasteiger partial charge in [-0.1, -0.05) is 30.3 Å². The molecule has 1 saturated heterocycles. The van der Waals surface area contributed by atoms with E-state index in [-0.39, 0.29) is 30.7 Å². The van der Waals surface area contributed by atoms with Gasteiger partial charge in [-0.2, -0.15) is 0 Å². The van der Waals surface area contributed by atoms with Crippen molar-refractivity contribution in [2.24, 2.45) is 11.8 Å². The number of benzene rings is 1. The molecule has 23 heavy (non-hydrogen) atoms. The molecule has 2 amide bonds. The van der Waals surface area contributed by atoms with Gasteiger partial charge in [-0.15, -0.1) is 0 Å². The molecule has 0 spiro atoms. The third-order valence-electron chi connectivity index (χ3n) is 4.23. The molecule has 0 bridgehead atoms. The van der Waals surface area contributed by atoms with Crippen LogP contribution in [0, 0.1) is 11.8 Å². The van der Waals surface area contributed by atoms with Crippen molar-refractivity contribution in [1.29, 1.82) is 0 Å². The van der Waals surface area contributed by atoms with Gasteiger partial charge in [-0.3, -0.25) is 14.4 Å². The monoisotopic (exact) mass is 318 g/mol. The molecule has 2 rings (SSSR count). The van der Waals surface area contributed by atoms with Crippen LogP contribution in [-0.4, -0.2) is 47.9 Å². The first-order chi connectivity index (χ1) is 11.0. The summed E-state index contributed by atoms with van der Waals surface area (Å²) in [7, 11) is 1.72. The van der Waals surface area contributed by atoms with E-state index in [0.717, 1.165) is 5.56 Å². The van der Waals surface area contributed by atoms with Crippen LogP contribution in [0.15, 0.2) is 30.3 Å². The van der Waals surface area contributed by atoms with Crippen molar-refractivity contribution >= 4 is 17.8 Å². The van der Waals surface area contributed by atoms with Gasteiger partial charge in [0.15, 0.2) is 0 Å². The minimum absolute atomic E-state index is 0.0459. The first kappa shape index (κ1) is 17.0. The molecule has 2 N–H and O–H groups in total. The number of carbonyl (C=O) groups is 3. The van der Waals surface area contributed by atoms with Crippen molar-refractivity contribution in [3.8, 4) is 0 Å². The highest BCUT2D eigenvalue weighted by Crippen LogP contribution is 2.17. The summed E-state index contributed by atoms with van der Waals surface area (Å²) in [6, 6.07) is 9.33. The lowest BCUT2D eigenvalue weighted by atomic mass is 9.94. The topological polar surface area (TPSA) is 86.7 Å². The minimum atomic E-state index is -0.936. The van der Waals surface area contributed by atoms with Crippen molar-refractivity contribution < 1.29 is 19.5 Å². The maximum Gasteiger partial charge on any atom is 0.308 e. The van der Waals surface area contributed by atoms with Crippen LogP contribution in [0.1, 0.15) is 18.4 Å². The summed E-state index contributed by atoms with van der Waals surface area (Å²) in [5.41, 5.74) is 0.920. The minimum Gasteiger partial charge on any atom is -0.481 e. The second-order valence-electron chi connectivity index (χ2n) is 5.98. The van der Waals surface area contributed by atoms with Crippen LogP contribution < -0.4 is 5.32 Å². The van der Waals surface area contributed by atoms with Crippen LogP contribution in [0.2, 0.25) is 0 Å². The lowest BCUT2D eigenvalue weighted by molar-refractivity contribution is -0.142. The summed E-state index contributed by atoms with van der Waals surface area (Å²) in [6.07, 6.45) is 1.17. The van der Waals surface area contributed by atoms with Crippen molar-refractivity contribution in [1.82, 2.24) is 10.2 Å². The molecule has 1 heterocycles. The first-order valence-electron chi connectivity index (χ1n) is 7.75. The number of piperidine rings is 1. The van der Waals surface area contributed by atoms with E-state index in [0.29, 0.717) is 19.4 Å². The van der Waals surface area contributed by atoms with E-state index in [2.05, 4.69) is 5.32 Å². The SMILES string of the molecule is CN1CCC(C(=O)NCC(Cc2ccccc2)C(=O)O)CC1=O. The quantitative estimate of drug-likeness (QED) is 0.816. The number of nitrogens with one attached hydrogen (secondary N) is 1. The molecular weight excluding hydrogens is 296 g/mol. The molecule has 0 radical (unpaired) electrons. The van der Waals surface area contributed by atoms with E-state index >= 15 is 0 Å². The molecule has 1 aliphatic heterocycles. The Hall–Kier alpha value is -2.37. The fourth-order valence-electron chi connectivity index (χ4n) is 2.68. The summed E-state index contributed by atoms with van der Waals surface area (Å²) >= 11 is 0. The summed E-state index contributed by atoms with van der Waals surface area (Å²) in [5.74, 6) is -2.25. The van der Waals surface area contributed by atoms with E-state index in [1.807, 2.05) is 30.3 Å². The van der Waals surface area contributed by atoms with Crippen molar-refractivity contribution in [3.63, 3.8) is 0 Å². The number of likely N-dealkylation sites (tertiary alicyclic amines) is 1. The van der Waals surface area contributed by atoms with Crippen LogP contribution in [0.5, 0.6) is 0 Å². The maximum absolute atomic E-state index is 12.2. The fourth-order valence-corrected chi connectivity index (χ4v) is 2.68. The van der Waals surface area contributed by atoms with Gasteiger partial charge in [-0.05, 0) is 18.4 Å². The third-order valence-corrected chi connectivity index (χ3v) is 4.23. The highest BCUT2D eigenvalue weighted by molar-refractivity contribution is 5.87. The zero-order chi connectivity index (χ0) is 16.8. The lowest BCUT2D eigenvalue weighted by Gasteiger charge is -2.28. The van der Waals surface area contributed by atoms with E-state index in [1.54, 1.807) is 11.9 Å². The summed E-state index contributed by atoms with van der Waals surface area (Å²) in [6.45, 7) is 0.632. The number of rotatable bonds is 6. The Morgan fingerprint density at radius 2 is 2.04 bits per heavy atom. The number of hydrogen-bond donors (Lipinski definition) is 2. The average Bonchev–Trinajstić information content (AvgIpc) is 2.54. The molecule has 6 heteroatoms. The lowest BCUT2D eigenvalue weighted by Crippen LogP contribution is -2.43. The molecule has 6 nitrogen and oxygen atoms in total. The van der Waals surface area contributed by atoms with E-state index in [1.165, 1.54) is 0 Å². The number of hydrogen-bond acceptors (Lipinski definition) is 3. The molecule has 0 aromatic heterocycles. The Kier molecular flexibility index (Phi) is 5.73. The predicted octanol–water partition coefficient (Wildman–Crippen LogP) is 0.914. The summed E-state index contributed by atoms with van der Waals surface area (Å²) in [4.78, 5) is 36.8.